The van der Waals surface area contributed by atoms with Crippen molar-refractivity contribution in [3.8, 4) is 11.5 Å². The zero-order valence-corrected chi connectivity index (χ0v) is 13.4. The van der Waals surface area contributed by atoms with Gasteiger partial charge >= 0.3 is 0 Å². The first-order chi connectivity index (χ1) is 9.60. The maximum Gasteiger partial charge on any atom is 0.147 e. The Balaban J connectivity index is 2.53. The van der Waals surface area contributed by atoms with Gasteiger partial charge in [-0.1, -0.05) is 45.7 Å². The third kappa shape index (κ3) is 2.77. The van der Waals surface area contributed by atoms with Crippen molar-refractivity contribution in [1.29, 1.82) is 0 Å². The average molecular weight is 358 g/mol. The van der Waals surface area contributed by atoms with E-state index in [0.29, 0.717) is 22.1 Å². The Morgan fingerprint density at radius 3 is 2.35 bits per heavy atom. The van der Waals surface area contributed by atoms with Crippen LogP contribution >= 0.6 is 27.5 Å². The minimum Gasteiger partial charge on any atom is -0.495 e. The van der Waals surface area contributed by atoms with Gasteiger partial charge in [-0.05, 0) is 23.8 Å². The van der Waals surface area contributed by atoms with Gasteiger partial charge in [-0.25, -0.2) is 0 Å². The van der Waals surface area contributed by atoms with Crippen LogP contribution in [0.2, 0.25) is 5.02 Å². The first kappa shape index (κ1) is 15.2. The molecule has 0 heterocycles. The summed E-state index contributed by atoms with van der Waals surface area (Å²) in [7, 11) is 3.04. The van der Waals surface area contributed by atoms with Crippen LogP contribution in [-0.2, 0) is 0 Å². The number of aliphatic hydroxyl groups is 1. The molecule has 0 aliphatic heterocycles. The molecule has 3 nitrogen and oxygen atoms in total. The SMILES string of the molecule is COc1ccc(C(O)c2ccccc2Br)c(OC)c1Cl. The molecule has 2 aromatic rings. The molecule has 1 N–H and O–H groups in total. The Morgan fingerprint density at radius 1 is 1.05 bits per heavy atom. The highest BCUT2D eigenvalue weighted by Crippen LogP contribution is 2.41. The fourth-order valence-electron chi connectivity index (χ4n) is 2.00. The second-order valence-electron chi connectivity index (χ2n) is 4.13. The zero-order valence-electron chi connectivity index (χ0n) is 11.1. The number of rotatable bonds is 4. The predicted octanol–water partition coefficient (Wildman–Crippen LogP) is 4.20. The van der Waals surface area contributed by atoms with Crippen molar-refractivity contribution in [1.82, 2.24) is 0 Å². The summed E-state index contributed by atoms with van der Waals surface area (Å²) in [5, 5.41) is 10.9. The maximum atomic E-state index is 10.6. The van der Waals surface area contributed by atoms with Crippen LogP contribution in [0, 0.1) is 0 Å². The van der Waals surface area contributed by atoms with Crippen molar-refractivity contribution < 1.29 is 14.6 Å². The van der Waals surface area contributed by atoms with Crippen molar-refractivity contribution in [3.05, 3.63) is 57.0 Å². The number of methoxy groups -OCH3 is 2. The topological polar surface area (TPSA) is 38.7 Å². The molecule has 2 rings (SSSR count). The molecule has 20 heavy (non-hydrogen) atoms. The van der Waals surface area contributed by atoms with Gasteiger partial charge in [-0.2, -0.15) is 0 Å². The first-order valence-corrected chi connectivity index (χ1v) is 7.10. The molecule has 5 heteroatoms. The van der Waals surface area contributed by atoms with Crippen molar-refractivity contribution >= 4 is 27.5 Å². The van der Waals surface area contributed by atoms with Crippen LogP contribution in [-0.4, -0.2) is 19.3 Å². The fourth-order valence-corrected chi connectivity index (χ4v) is 2.83. The van der Waals surface area contributed by atoms with Gasteiger partial charge in [0.2, 0.25) is 0 Å². The summed E-state index contributed by atoms with van der Waals surface area (Å²) in [6, 6.07) is 10.9. The summed E-state index contributed by atoms with van der Waals surface area (Å²) in [6.07, 6.45) is -0.844. The molecule has 0 saturated carbocycles. The molecule has 0 radical (unpaired) electrons. The van der Waals surface area contributed by atoms with Crippen molar-refractivity contribution in [2.45, 2.75) is 6.10 Å². The standard InChI is InChI=1S/C15H14BrClO3/c1-19-12-8-7-10(15(20-2)13(12)17)14(18)9-5-3-4-6-11(9)16/h3-8,14,18H,1-2H3. The van der Waals surface area contributed by atoms with Gasteiger partial charge in [0, 0.05) is 10.0 Å². The number of hydrogen-bond donors (Lipinski definition) is 1. The smallest absolute Gasteiger partial charge is 0.147 e. The quantitative estimate of drug-likeness (QED) is 0.891. The Labute approximate surface area is 131 Å². The molecule has 0 aliphatic rings. The lowest BCUT2D eigenvalue weighted by atomic mass is 10.0. The molecule has 0 spiro atoms. The molecule has 0 fully saturated rings. The van der Waals surface area contributed by atoms with Crippen LogP contribution < -0.4 is 9.47 Å². The Kier molecular flexibility index (Phi) is 4.91. The third-order valence-corrected chi connectivity index (χ3v) is 4.09. The summed E-state index contributed by atoms with van der Waals surface area (Å²) in [5.41, 5.74) is 1.33. The third-order valence-electron chi connectivity index (χ3n) is 3.01. The number of halogens is 2. The Hall–Kier alpha value is -1.23. The van der Waals surface area contributed by atoms with E-state index < -0.39 is 6.10 Å². The van der Waals surface area contributed by atoms with Crippen molar-refractivity contribution in [2.24, 2.45) is 0 Å². The molecular formula is C15H14BrClO3. The highest BCUT2D eigenvalue weighted by Gasteiger charge is 2.21. The normalized spacial score (nSPS) is 12.1. The second kappa shape index (κ2) is 6.48. The van der Waals surface area contributed by atoms with E-state index in [1.54, 1.807) is 12.1 Å². The summed E-state index contributed by atoms with van der Waals surface area (Å²) in [4.78, 5) is 0. The molecule has 0 saturated heterocycles. The van der Waals surface area contributed by atoms with Gasteiger partial charge in [-0.15, -0.1) is 0 Å². The highest BCUT2D eigenvalue weighted by atomic mass is 79.9. The summed E-state index contributed by atoms with van der Waals surface area (Å²) < 4.78 is 11.3. The monoisotopic (exact) mass is 356 g/mol. The van der Waals surface area contributed by atoms with Gasteiger partial charge in [0.25, 0.3) is 0 Å². The van der Waals surface area contributed by atoms with Crippen LogP contribution in [0.25, 0.3) is 0 Å². The highest BCUT2D eigenvalue weighted by molar-refractivity contribution is 9.10. The molecule has 0 amide bonds. The number of hydrogen-bond acceptors (Lipinski definition) is 3. The minimum atomic E-state index is -0.844. The number of ether oxygens (including phenoxy) is 2. The average Bonchev–Trinajstić information content (AvgIpc) is 2.46. The molecule has 0 aromatic heterocycles. The Bertz CT molecular complexity index is 616. The van der Waals surface area contributed by atoms with E-state index in [2.05, 4.69) is 15.9 Å². The molecule has 0 aliphatic carbocycles. The lowest BCUT2D eigenvalue weighted by Crippen LogP contribution is -2.04. The van der Waals surface area contributed by atoms with Crippen LogP contribution in [0.1, 0.15) is 17.2 Å². The van der Waals surface area contributed by atoms with Gasteiger partial charge in [0.05, 0.1) is 14.2 Å². The zero-order chi connectivity index (χ0) is 14.7. The molecule has 106 valence electrons. The first-order valence-electron chi connectivity index (χ1n) is 5.93. The molecular weight excluding hydrogens is 344 g/mol. The van der Waals surface area contributed by atoms with Gasteiger partial charge in [0.1, 0.15) is 22.6 Å². The fraction of sp³-hybridized carbons (Fsp3) is 0.200. The Morgan fingerprint density at radius 2 is 1.75 bits per heavy atom. The summed E-state index contributed by atoms with van der Waals surface area (Å²) in [5.74, 6) is 0.917. The van der Waals surface area contributed by atoms with Gasteiger partial charge in [0.15, 0.2) is 0 Å². The van der Waals surface area contributed by atoms with Crippen molar-refractivity contribution in [3.63, 3.8) is 0 Å². The van der Waals surface area contributed by atoms with Crippen LogP contribution in [0.15, 0.2) is 40.9 Å². The van der Waals surface area contributed by atoms with E-state index in [0.717, 1.165) is 10.0 Å². The number of benzene rings is 2. The molecule has 1 atom stereocenters. The second-order valence-corrected chi connectivity index (χ2v) is 5.36. The van der Waals surface area contributed by atoms with E-state index in [1.165, 1.54) is 14.2 Å². The summed E-state index contributed by atoms with van der Waals surface area (Å²) >= 11 is 9.64. The van der Waals surface area contributed by atoms with Crippen LogP contribution in [0.3, 0.4) is 0 Å². The molecule has 0 bridgehead atoms. The molecule has 1 unspecified atom stereocenters. The lowest BCUT2D eigenvalue weighted by Gasteiger charge is -2.18. The van der Waals surface area contributed by atoms with E-state index in [4.69, 9.17) is 21.1 Å². The van der Waals surface area contributed by atoms with E-state index in [9.17, 15) is 5.11 Å². The predicted molar refractivity (Wildman–Crippen MR) is 82.8 cm³/mol. The maximum absolute atomic E-state index is 10.6. The lowest BCUT2D eigenvalue weighted by molar-refractivity contribution is 0.213. The van der Waals surface area contributed by atoms with E-state index in [-0.39, 0.29) is 0 Å². The van der Waals surface area contributed by atoms with Crippen LogP contribution in [0.4, 0.5) is 0 Å². The largest absolute Gasteiger partial charge is 0.495 e. The van der Waals surface area contributed by atoms with Gasteiger partial charge in [-0.3, -0.25) is 0 Å². The van der Waals surface area contributed by atoms with Gasteiger partial charge < -0.3 is 14.6 Å². The minimum absolute atomic E-state index is 0.346. The van der Waals surface area contributed by atoms with Crippen molar-refractivity contribution in [2.75, 3.05) is 14.2 Å². The van der Waals surface area contributed by atoms with E-state index >= 15 is 0 Å². The van der Waals surface area contributed by atoms with E-state index in [1.807, 2.05) is 24.3 Å². The number of aliphatic hydroxyl groups excluding tert-OH is 1. The van der Waals surface area contributed by atoms with Crippen LogP contribution in [0.5, 0.6) is 11.5 Å². The summed E-state index contributed by atoms with van der Waals surface area (Å²) in [6.45, 7) is 0. The molecule has 2 aromatic carbocycles.